The second-order valence-corrected chi connectivity index (χ2v) is 5.60. The van der Waals surface area contributed by atoms with E-state index < -0.39 is 0 Å². The number of benzene rings is 1. The SMILES string of the molecule is COc1ccccc1NC(=O)CNC1(CO)CCCCC1. The molecule has 1 aromatic rings. The number of hydrogen-bond acceptors (Lipinski definition) is 4. The maximum Gasteiger partial charge on any atom is 0.238 e. The average molecular weight is 292 g/mol. The highest BCUT2D eigenvalue weighted by Crippen LogP contribution is 2.27. The fraction of sp³-hybridized carbons (Fsp3) is 0.562. The first-order valence-electron chi connectivity index (χ1n) is 7.48. The van der Waals surface area contributed by atoms with Gasteiger partial charge in [0, 0.05) is 5.54 Å². The van der Waals surface area contributed by atoms with E-state index in [1.165, 1.54) is 6.42 Å². The first-order chi connectivity index (χ1) is 10.2. The Balaban J connectivity index is 1.89. The third-order valence-electron chi connectivity index (χ3n) is 4.12. The summed E-state index contributed by atoms with van der Waals surface area (Å²) in [5.74, 6) is 0.512. The molecule has 2 rings (SSSR count). The molecule has 1 saturated carbocycles. The van der Waals surface area contributed by atoms with Crippen LogP contribution in [0.3, 0.4) is 0 Å². The maximum atomic E-state index is 12.1. The molecule has 0 saturated heterocycles. The zero-order valence-corrected chi connectivity index (χ0v) is 12.5. The lowest BCUT2D eigenvalue weighted by atomic mass is 9.82. The van der Waals surface area contributed by atoms with Gasteiger partial charge in [0.25, 0.3) is 0 Å². The van der Waals surface area contributed by atoms with E-state index in [0.717, 1.165) is 25.7 Å². The lowest BCUT2D eigenvalue weighted by Gasteiger charge is -2.36. The minimum absolute atomic E-state index is 0.0783. The molecule has 3 N–H and O–H groups in total. The van der Waals surface area contributed by atoms with Crippen molar-refractivity contribution in [2.75, 3.05) is 25.6 Å². The van der Waals surface area contributed by atoms with Crippen LogP contribution in [0.2, 0.25) is 0 Å². The van der Waals surface area contributed by atoms with Crippen LogP contribution in [0, 0.1) is 0 Å². The van der Waals surface area contributed by atoms with Crippen molar-refractivity contribution in [2.45, 2.75) is 37.6 Å². The van der Waals surface area contributed by atoms with E-state index in [1.54, 1.807) is 19.2 Å². The highest BCUT2D eigenvalue weighted by Gasteiger charge is 2.31. The number of amides is 1. The van der Waals surface area contributed by atoms with Crippen LogP contribution >= 0.6 is 0 Å². The molecule has 0 bridgehead atoms. The van der Waals surface area contributed by atoms with Gasteiger partial charge in [0.2, 0.25) is 5.91 Å². The molecule has 116 valence electrons. The number of rotatable bonds is 6. The van der Waals surface area contributed by atoms with Gasteiger partial charge in [-0.3, -0.25) is 4.79 Å². The molecule has 0 heterocycles. The molecule has 0 radical (unpaired) electrons. The van der Waals surface area contributed by atoms with Gasteiger partial charge < -0.3 is 20.5 Å². The fourth-order valence-corrected chi connectivity index (χ4v) is 2.83. The molecule has 1 aliphatic carbocycles. The second kappa shape index (κ2) is 7.43. The average Bonchev–Trinajstić information content (AvgIpc) is 2.54. The molecule has 21 heavy (non-hydrogen) atoms. The largest absolute Gasteiger partial charge is 0.495 e. The summed E-state index contributed by atoms with van der Waals surface area (Å²) >= 11 is 0. The normalized spacial score (nSPS) is 17.2. The monoisotopic (exact) mass is 292 g/mol. The summed E-state index contributed by atoms with van der Waals surface area (Å²) in [6, 6.07) is 7.32. The number of aliphatic hydroxyl groups is 1. The molecule has 1 aromatic carbocycles. The predicted octanol–water partition coefficient (Wildman–Crippen LogP) is 1.92. The Morgan fingerprint density at radius 3 is 2.67 bits per heavy atom. The van der Waals surface area contributed by atoms with E-state index in [0.29, 0.717) is 11.4 Å². The lowest BCUT2D eigenvalue weighted by molar-refractivity contribution is -0.116. The van der Waals surface area contributed by atoms with Gasteiger partial charge in [0.1, 0.15) is 5.75 Å². The van der Waals surface area contributed by atoms with E-state index in [1.807, 2.05) is 12.1 Å². The van der Waals surface area contributed by atoms with E-state index in [2.05, 4.69) is 10.6 Å². The molecule has 1 fully saturated rings. The molecule has 1 amide bonds. The third-order valence-corrected chi connectivity index (χ3v) is 4.12. The summed E-state index contributed by atoms with van der Waals surface area (Å²) in [5, 5.41) is 15.7. The minimum atomic E-state index is -0.295. The number of nitrogens with one attached hydrogen (secondary N) is 2. The Hall–Kier alpha value is -1.59. The zero-order chi connectivity index (χ0) is 15.1. The molecular weight excluding hydrogens is 268 g/mol. The fourth-order valence-electron chi connectivity index (χ4n) is 2.83. The summed E-state index contributed by atoms with van der Waals surface area (Å²) in [4.78, 5) is 12.1. The molecule has 1 aliphatic rings. The van der Waals surface area contributed by atoms with Crippen LogP contribution < -0.4 is 15.4 Å². The molecule has 0 aromatic heterocycles. The first-order valence-corrected chi connectivity index (χ1v) is 7.48. The molecule has 5 nitrogen and oxygen atoms in total. The number of anilines is 1. The number of aliphatic hydroxyl groups excluding tert-OH is 1. The Kier molecular flexibility index (Phi) is 5.59. The van der Waals surface area contributed by atoms with Crippen molar-refractivity contribution in [2.24, 2.45) is 0 Å². The molecule has 0 unspecified atom stereocenters. The van der Waals surface area contributed by atoms with Crippen molar-refractivity contribution in [3.05, 3.63) is 24.3 Å². The number of methoxy groups -OCH3 is 1. The highest BCUT2D eigenvalue weighted by molar-refractivity contribution is 5.93. The molecule has 5 heteroatoms. The highest BCUT2D eigenvalue weighted by atomic mass is 16.5. The van der Waals surface area contributed by atoms with Crippen LogP contribution in [0.15, 0.2) is 24.3 Å². The van der Waals surface area contributed by atoms with E-state index in [-0.39, 0.29) is 24.6 Å². The minimum Gasteiger partial charge on any atom is -0.495 e. The van der Waals surface area contributed by atoms with Crippen molar-refractivity contribution >= 4 is 11.6 Å². The van der Waals surface area contributed by atoms with Crippen LogP contribution in [0.5, 0.6) is 5.75 Å². The van der Waals surface area contributed by atoms with Gasteiger partial charge in [-0.2, -0.15) is 0 Å². The standard InChI is InChI=1S/C16H24N2O3/c1-21-14-8-4-3-7-13(14)18-15(20)11-17-16(12-19)9-5-2-6-10-16/h3-4,7-8,17,19H,2,5-6,9-12H2,1H3,(H,18,20). The zero-order valence-electron chi connectivity index (χ0n) is 12.5. The lowest BCUT2D eigenvalue weighted by Crippen LogP contribution is -2.52. The summed E-state index contributed by atoms with van der Waals surface area (Å²) in [6.45, 7) is 0.271. The summed E-state index contributed by atoms with van der Waals surface area (Å²) < 4.78 is 5.21. The summed E-state index contributed by atoms with van der Waals surface area (Å²) in [6.07, 6.45) is 5.25. The Morgan fingerprint density at radius 2 is 2.00 bits per heavy atom. The summed E-state index contributed by atoms with van der Waals surface area (Å²) in [5.41, 5.74) is 0.365. The van der Waals surface area contributed by atoms with Crippen molar-refractivity contribution in [1.29, 1.82) is 0 Å². The van der Waals surface area contributed by atoms with Crippen molar-refractivity contribution < 1.29 is 14.6 Å². The number of ether oxygens (including phenoxy) is 1. The first kappa shape index (κ1) is 15.8. The topological polar surface area (TPSA) is 70.6 Å². The number of para-hydroxylation sites is 2. The predicted molar refractivity (Wildman–Crippen MR) is 82.5 cm³/mol. The van der Waals surface area contributed by atoms with Crippen LogP contribution in [-0.2, 0) is 4.79 Å². The van der Waals surface area contributed by atoms with Gasteiger partial charge in [-0.05, 0) is 25.0 Å². The summed E-state index contributed by atoms with van der Waals surface area (Å²) in [7, 11) is 1.58. The van der Waals surface area contributed by atoms with Crippen LogP contribution in [-0.4, -0.2) is 36.8 Å². The third kappa shape index (κ3) is 4.19. The van der Waals surface area contributed by atoms with Gasteiger partial charge in [0.05, 0.1) is 25.9 Å². The van der Waals surface area contributed by atoms with Crippen LogP contribution in [0.25, 0.3) is 0 Å². The Bertz CT molecular complexity index is 470. The van der Waals surface area contributed by atoms with Crippen molar-refractivity contribution in [1.82, 2.24) is 5.32 Å². The molecular formula is C16H24N2O3. The quantitative estimate of drug-likeness (QED) is 0.749. The van der Waals surface area contributed by atoms with E-state index in [9.17, 15) is 9.90 Å². The Labute approximate surface area is 125 Å². The smallest absolute Gasteiger partial charge is 0.238 e. The molecule has 0 spiro atoms. The maximum absolute atomic E-state index is 12.1. The number of hydrogen-bond donors (Lipinski definition) is 3. The van der Waals surface area contributed by atoms with Crippen molar-refractivity contribution in [3.63, 3.8) is 0 Å². The van der Waals surface area contributed by atoms with Crippen LogP contribution in [0.4, 0.5) is 5.69 Å². The van der Waals surface area contributed by atoms with Gasteiger partial charge in [-0.25, -0.2) is 0 Å². The van der Waals surface area contributed by atoms with Gasteiger partial charge in [0.15, 0.2) is 0 Å². The Morgan fingerprint density at radius 1 is 1.29 bits per heavy atom. The van der Waals surface area contributed by atoms with E-state index >= 15 is 0 Å². The molecule has 0 aliphatic heterocycles. The molecule has 0 atom stereocenters. The number of carbonyl (C=O) groups excluding carboxylic acids is 1. The van der Waals surface area contributed by atoms with Gasteiger partial charge >= 0.3 is 0 Å². The van der Waals surface area contributed by atoms with Gasteiger partial charge in [-0.1, -0.05) is 31.4 Å². The van der Waals surface area contributed by atoms with Gasteiger partial charge in [-0.15, -0.1) is 0 Å². The number of carbonyl (C=O) groups is 1. The second-order valence-electron chi connectivity index (χ2n) is 5.60. The van der Waals surface area contributed by atoms with E-state index in [4.69, 9.17) is 4.74 Å². The van der Waals surface area contributed by atoms with Crippen LogP contribution in [0.1, 0.15) is 32.1 Å². The van der Waals surface area contributed by atoms with Crippen molar-refractivity contribution in [3.8, 4) is 5.75 Å².